The van der Waals surface area contributed by atoms with Crippen LogP contribution in [0.4, 0.5) is 0 Å². The van der Waals surface area contributed by atoms with Crippen molar-refractivity contribution in [1.29, 1.82) is 0 Å². The van der Waals surface area contributed by atoms with Crippen molar-refractivity contribution >= 4 is 86.8 Å². The SMILES string of the molecule is c1cc(-c2ccc3oc4c(ccc5c6c(oc54)CCCC6)c3c2)cc(-c2ccc3c4ccc(-c5cc6ccccc6c6ccccc56)cc4c4ccccc4c3c2)c1. The maximum absolute atomic E-state index is 6.50. The molecule has 2 nitrogen and oxygen atoms in total. The largest absolute Gasteiger partial charge is 0.457 e. The van der Waals surface area contributed by atoms with Crippen molar-refractivity contribution < 1.29 is 8.83 Å². The molecule has 2 aromatic heterocycles. The second-order valence-electron chi connectivity index (χ2n) is 16.2. The fraction of sp³-hybridized carbons (Fsp3) is 0.0714. The van der Waals surface area contributed by atoms with E-state index in [1.807, 2.05) is 0 Å². The van der Waals surface area contributed by atoms with Crippen LogP contribution in [0.5, 0.6) is 0 Å². The highest BCUT2D eigenvalue weighted by atomic mass is 16.4. The summed E-state index contributed by atoms with van der Waals surface area (Å²) in [5, 5.41) is 16.2. The molecule has 0 radical (unpaired) electrons. The minimum Gasteiger partial charge on any atom is -0.457 e. The lowest BCUT2D eigenvalue weighted by Gasteiger charge is -2.15. The lowest BCUT2D eigenvalue weighted by Crippen LogP contribution is -1.98. The summed E-state index contributed by atoms with van der Waals surface area (Å²) >= 11 is 0. The van der Waals surface area contributed by atoms with Crippen LogP contribution in [0.1, 0.15) is 24.2 Å². The van der Waals surface area contributed by atoms with Gasteiger partial charge < -0.3 is 8.83 Å². The first kappa shape index (κ1) is 32.0. The Bertz CT molecular complexity index is 3670. The van der Waals surface area contributed by atoms with Gasteiger partial charge in [0.25, 0.3) is 0 Å². The van der Waals surface area contributed by atoms with Gasteiger partial charge in [0.1, 0.15) is 11.3 Å². The summed E-state index contributed by atoms with van der Waals surface area (Å²) in [5.41, 5.74) is 11.3. The predicted octanol–water partition coefficient (Wildman–Crippen LogP) is 16.0. The highest BCUT2D eigenvalue weighted by Crippen LogP contribution is 2.43. The van der Waals surface area contributed by atoms with Crippen LogP contribution in [-0.2, 0) is 12.8 Å². The van der Waals surface area contributed by atoms with Crippen LogP contribution >= 0.6 is 0 Å². The first-order valence-electron chi connectivity index (χ1n) is 20.5. The molecule has 2 heteroatoms. The van der Waals surface area contributed by atoms with Crippen molar-refractivity contribution in [3.8, 4) is 33.4 Å². The van der Waals surface area contributed by atoms with E-state index in [4.69, 9.17) is 8.83 Å². The molecule has 0 amide bonds. The van der Waals surface area contributed by atoms with Crippen molar-refractivity contribution in [2.45, 2.75) is 25.7 Å². The molecule has 0 saturated carbocycles. The summed E-state index contributed by atoms with van der Waals surface area (Å²) in [6.07, 6.45) is 4.52. The van der Waals surface area contributed by atoms with E-state index in [0.717, 1.165) is 46.1 Å². The van der Waals surface area contributed by atoms with E-state index in [2.05, 4.69) is 170 Å². The van der Waals surface area contributed by atoms with E-state index >= 15 is 0 Å². The predicted molar refractivity (Wildman–Crippen MR) is 244 cm³/mol. The molecule has 272 valence electrons. The number of rotatable bonds is 3. The van der Waals surface area contributed by atoms with Crippen LogP contribution in [-0.4, -0.2) is 0 Å². The molecule has 0 fully saturated rings. The quantitative estimate of drug-likeness (QED) is 0.169. The maximum atomic E-state index is 6.50. The summed E-state index contributed by atoms with van der Waals surface area (Å²) in [5.74, 6) is 1.14. The van der Waals surface area contributed by atoms with Crippen LogP contribution in [0, 0.1) is 0 Å². The molecule has 2 heterocycles. The van der Waals surface area contributed by atoms with E-state index < -0.39 is 0 Å². The van der Waals surface area contributed by atoms with Gasteiger partial charge in [-0.3, -0.25) is 0 Å². The number of furan rings is 2. The van der Waals surface area contributed by atoms with Crippen LogP contribution in [0.15, 0.2) is 179 Å². The molecule has 58 heavy (non-hydrogen) atoms. The molecule has 1 aliphatic rings. The Morgan fingerprint density at radius 3 is 1.62 bits per heavy atom. The van der Waals surface area contributed by atoms with E-state index in [0.29, 0.717) is 0 Å². The Balaban J connectivity index is 0.925. The van der Waals surface area contributed by atoms with Crippen molar-refractivity contribution in [2.75, 3.05) is 0 Å². The molecule has 0 N–H and O–H groups in total. The van der Waals surface area contributed by atoms with Gasteiger partial charge in [0.2, 0.25) is 0 Å². The maximum Gasteiger partial charge on any atom is 0.178 e. The minimum atomic E-state index is 0.863. The number of hydrogen-bond acceptors (Lipinski definition) is 2. The second kappa shape index (κ2) is 12.2. The number of fused-ring (bicyclic) bond motifs is 16. The third kappa shape index (κ3) is 4.66. The topological polar surface area (TPSA) is 26.3 Å². The molecule has 10 aromatic carbocycles. The Morgan fingerprint density at radius 2 is 0.845 bits per heavy atom. The molecular formula is C56H36O2. The van der Waals surface area contributed by atoms with Crippen LogP contribution in [0.2, 0.25) is 0 Å². The summed E-state index contributed by atoms with van der Waals surface area (Å²) in [4.78, 5) is 0. The first-order chi connectivity index (χ1) is 28.7. The van der Waals surface area contributed by atoms with Crippen molar-refractivity contribution in [3.05, 3.63) is 181 Å². The lowest BCUT2D eigenvalue weighted by molar-refractivity contribution is 0.503. The fourth-order valence-corrected chi connectivity index (χ4v) is 10.2. The van der Waals surface area contributed by atoms with Gasteiger partial charge in [0.15, 0.2) is 11.2 Å². The Hall–Kier alpha value is -7.16. The molecule has 13 rings (SSSR count). The number of aryl methyl sites for hydroxylation is 2. The number of hydrogen-bond donors (Lipinski definition) is 0. The average molecular weight is 741 g/mol. The molecule has 0 bridgehead atoms. The van der Waals surface area contributed by atoms with Gasteiger partial charge in [0, 0.05) is 28.1 Å². The zero-order valence-electron chi connectivity index (χ0n) is 31.8. The van der Waals surface area contributed by atoms with Crippen molar-refractivity contribution in [1.82, 2.24) is 0 Å². The van der Waals surface area contributed by atoms with Crippen LogP contribution < -0.4 is 0 Å². The monoisotopic (exact) mass is 740 g/mol. The summed E-state index contributed by atoms with van der Waals surface area (Å²) in [6, 6.07) is 62.9. The molecule has 12 aromatic rings. The molecule has 0 saturated heterocycles. The zero-order valence-corrected chi connectivity index (χ0v) is 31.8. The van der Waals surface area contributed by atoms with E-state index in [-0.39, 0.29) is 0 Å². The van der Waals surface area contributed by atoms with Crippen LogP contribution in [0.3, 0.4) is 0 Å². The number of benzene rings is 10. The van der Waals surface area contributed by atoms with Gasteiger partial charge in [-0.1, -0.05) is 121 Å². The van der Waals surface area contributed by atoms with Crippen molar-refractivity contribution in [2.24, 2.45) is 0 Å². The standard InChI is InChI=1S/C56H36O2/c1-2-13-39-37(10-1)31-49(41-15-4-3-14-40(39)41)38-21-24-45-44-23-20-35(29-50(44)42-16-5-6-17-43(42)51(45)32-38)33-11-9-12-34(28-33)36-22-27-54-52(30-36)48-26-25-47-46-18-7-8-19-53(46)57-55(47)56(48)58-54/h1-6,9-17,20-32H,7-8,18-19H2. The first-order valence-corrected chi connectivity index (χ1v) is 20.5. The third-order valence-electron chi connectivity index (χ3n) is 13.0. The van der Waals surface area contributed by atoms with Gasteiger partial charge >= 0.3 is 0 Å². The van der Waals surface area contributed by atoms with Crippen LogP contribution in [0.25, 0.3) is 120 Å². The smallest absolute Gasteiger partial charge is 0.178 e. The van der Waals surface area contributed by atoms with Gasteiger partial charge in [-0.15, -0.1) is 0 Å². The van der Waals surface area contributed by atoms with E-state index in [9.17, 15) is 0 Å². The minimum absolute atomic E-state index is 0.863. The summed E-state index contributed by atoms with van der Waals surface area (Å²) in [7, 11) is 0. The van der Waals surface area contributed by atoms with Gasteiger partial charge in [-0.2, -0.15) is 0 Å². The normalized spacial score (nSPS) is 13.2. The molecule has 0 aliphatic heterocycles. The Labute approximate surface area is 334 Å². The molecule has 0 spiro atoms. The third-order valence-corrected chi connectivity index (χ3v) is 13.0. The molecular weight excluding hydrogens is 705 g/mol. The van der Waals surface area contributed by atoms with Gasteiger partial charge in [0.05, 0.1) is 0 Å². The highest BCUT2D eigenvalue weighted by molar-refractivity contribution is 6.27. The molecule has 0 unspecified atom stereocenters. The zero-order chi connectivity index (χ0) is 37.9. The Kier molecular flexibility index (Phi) is 6.71. The summed E-state index contributed by atoms with van der Waals surface area (Å²) < 4.78 is 13.0. The van der Waals surface area contributed by atoms with E-state index in [1.165, 1.54) is 111 Å². The van der Waals surface area contributed by atoms with Gasteiger partial charge in [-0.05, 0) is 155 Å². The average Bonchev–Trinajstić information content (AvgIpc) is 3.87. The summed E-state index contributed by atoms with van der Waals surface area (Å²) in [6.45, 7) is 0. The molecule has 1 aliphatic carbocycles. The highest BCUT2D eigenvalue weighted by Gasteiger charge is 2.22. The lowest BCUT2D eigenvalue weighted by atomic mass is 9.88. The molecule has 0 atom stereocenters. The van der Waals surface area contributed by atoms with Gasteiger partial charge in [-0.25, -0.2) is 0 Å². The fourth-order valence-electron chi connectivity index (χ4n) is 10.2. The second-order valence-corrected chi connectivity index (χ2v) is 16.2. The Morgan fingerprint density at radius 1 is 0.310 bits per heavy atom. The van der Waals surface area contributed by atoms with E-state index in [1.54, 1.807) is 0 Å². The van der Waals surface area contributed by atoms with Crippen molar-refractivity contribution in [3.63, 3.8) is 0 Å².